The highest BCUT2D eigenvalue weighted by Crippen LogP contribution is 2.24. The summed E-state index contributed by atoms with van der Waals surface area (Å²) >= 11 is 0. The highest BCUT2D eigenvalue weighted by molar-refractivity contribution is 6.36. The third-order valence-corrected chi connectivity index (χ3v) is 5.19. The third-order valence-electron chi connectivity index (χ3n) is 5.19. The molecular formula is C25H22F4N2O3. The molecular weight excluding hydrogens is 452 g/mol. The first-order valence-corrected chi connectivity index (χ1v) is 10.4. The number of halogens is 4. The van der Waals surface area contributed by atoms with Gasteiger partial charge in [-0.25, -0.2) is 17.6 Å². The molecule has 2 aromatic carbocycles. The van der Waals surface area contributed by atoms with Crippen molar-refractivity contribution in [3.63, 3.8) is 0 Å². The molecule has 0 saturated carbocycles. The molecule has 0 bridgehead atoms. The zero-order valence-electron chi connectivity index (χ0n) is 18.6. The average molecular weight is 474 g/mol. The number of hydrogen-bond donors (Lipinski definition) is 0. The van der Waals surface area contributed by atoms with E-state index in [0.717, 1.165) is 29.2 Å². The monoisotopic (exact) mass is 474 g/mol. The van der Waals surface area contributed by atoms with E-state index in [2.05, 4.69) is 0 Å². The molecule has 0 unspecified atom stereocenters. The van der Waals surface area contributed by atoms with Crippen LogP contribution in [0.5, 0.6) is 0 Å². The molecule has 34 heavy (non-hydrogen) atoms. The highest BCUT2D eigenvalue weighted by atomic mass is 19.2. The van der Waals surface area contributed by atoms with Gasteiger partial charge in [0.15, 0.2) is 29.1 Å². The maximum absolute atomic E-state index is 13.6. The summed E-state index contributed by atoms with van der Waals surface area (Å²) in [6.07, 6.45) is 2.57. The minimum atomic E-state index is -1.11. The van der Waals surface area contributed by atoms with Crippen LogP contribution >= 0.6 is 0 Å². The van der Waals surface area contributed by atoms with Crippen LogP contribution in [0.3, 0.4) is 0 Å². The fourth-order valence-corrected chi connectivity index (χ4v) is 3.40. The lowest BCUT2D eigenvalue weighted by molar-refractivity contribution is -0.144. The number of carbonyl (C=O) groups is 3. The lowest BCUT2D eigenvalue weighted by Gasteiger charge is -2.29. The van der Waals surface area contributed by atoms with E-state index in [-0.39, 0.29) is 41.8 Å². The number of amides is 1. The van der Waals surface area contributed by atoms with Crippen LogP contribution in [0.15, 0.2) is 47.5 Å². The van der Waals surface area contributed by atoms with Crippen LogP contribution in [0.25, 0.3) is 12.2 Å². The standard InChI is InChI=1S/C25H22F4N2O3/c1-30(2)8-7-23(32)25(34)31-13-17(9-15-3-5-19(26)21(28)11-15)24(33)18(14-31)10-16-4-6-20(27)22(29)12-16/h3-6,9-12H,7-8,13-14H2,1-2H3/b17-9+,18-10+. The van der Waals surface area contributed by atoms with Gasteiger partial charge in [-0.15, -0.1) is 0 Å². The van der Waals surface area contributed by atoms with E-state index in [0.29, 0.717) is 6.54 Å². The predicted molar refractivity (Wildman–Crippen MR) is 118 cm³/mol. The molecule has 1 heterocycles. The molecule has 5 nitrogen and oxygen atoms in total. The number of hydrogen-bond acceptors (Lipinski definition) is 4. The SMILES string of the molecule is CN(C)CCC(=O)C(=O)N1C/C(=C\c2ccc(F)c(F)c2)C(=O)/C(=C/c2ccc(F)c(F)c2)C1. The number of ketones is 2. The molecule has 1 amide bonds. The average Bonchev–Trinajstić information content (AvgIpc) is 2.79. The van der Waals surface area contributed by atoms with Gasteiger partial charge < -0.3 is 9.80 Å². The smallest absolute Gasteiger partial charge is 0.290 e. The van der Waals surface area contributed by atoms with Crippen LogP contribution in [0.1, 0.15) is 17.5 Å². The molecule has 0 atom stereocenters. The fraction of sp³-hybridized carbons (Fsp3) is 0.240. The summed E-state index contributed by atoms with van der Waals surface area (Å²) < 4.78 is 53.9. The van der Waals surface area contributed by atoms with Crippen molar-refractivity contribution in [2.75, 3.05) is 33.7 Å². The number of rotatable bonds is 6. The van der Waals surface area contributed by atoms with Crippen LogP contribution in [0, 0.1) is 23.3 Å². The van der Waals surface area contributed by atoms with Crippen LogP contribution < -0.4 is 0 Å². The second-order valence-corrected chi connectivity index (χ2v) is 8.15. The van der Waals surface area contributed by atoms with E-state index >= 15 is 0 Å². The summed E-state index contributed by atoms with van der Waals surface area (Å²) in [4.78, 5) is 41.2. The summed E-state index contributed by atoms with van der Waals surface area (Å²) in [5.41, 5.74) is 0.477. The van der Waals surface area contributed by atoms with E-state index in [9.17, 15) is 31.9 Å². The molecule has 9 heteroatoms. The van der Waals surface area contributed by atoms with E-state index in [4.69, 9.17) is 0 Å². The summed E-state index contributed by atoms with van der Waals surface area (Å²) in [5.74, 6) is -6.30. The molecule has 0 aromatic heterocycles. The van der Waals surface area contributed by atoms with Gasteiger partial charge in [0.2, 0.25) is 5.78 Å². The van der Waals surface area contributed by atoms with Crippen LogP contribution in [0.4, 0.5) is 17.6 Å². The molecule has 3 rings (SSSR count). The Morgan fingerprint density at radius 1 is 0.853 bits per heavy atom. The molecule has 0 radical (unpaired) electrons. The van der Waals surface area contributed by atoms with Gasteiger partial charge in [0, 0.05) is 24.1 Å². The first-order chi connectivity index (χ1) is 16.0. The van der Waals surface area contributed by atoms with E-state index in [1.807, 2.05) is 0 Å². The van der Waals surface area contributed by atoms with Crippen molar-refractivity contribution < 1.29 is 31.9 Å². The minimum Gasteiger partial charge on any atom is -0.327 e. The Kier molecular flexibility index (Phi) is 7.78. The predicted octanol–water partition coefficient (Wildman–Crippen LogP) is 3.64. The summed E-state index contributed by atoms with van der Waals surface area (Å²) in [6.45, 7) is -0.0918. The van der Waals surface area contributed by atoms with Gasteiger partial charge in [0.1, 0.15) is 0 Å². The van der Waals surface area contributed by atoms with E-state index in [1.54, 1.807) is 19.0 Å². The third kappa shape index (κ3) is 6.05. The lowest BCUT2D eigenvalue weighted by atomic mass is 9.93. The molecule has 178 valence electrons. The fourth-order valence-electron chi connectivity index (χ4n) is 3.40. The molecule has 0 N–H and O–H groups in total. The van der Waals surface area contributed by atoms with Crippen molar-refractivity contribution in [2.24, 2.45) is 0 Å². The maximum atomic E-state index is 13.6. The largest absolute Gasteiger partial charge is 0.327 e. The molecule has 0 spiro atoms. The topological polar surface area (TPSA) is 57.7 Å². The Labute approximate surface area is 194 Å². The zero-order chi connectivity index (χ0) is 25.0. The van der Waals surface area contributed by atoms with Gasteiger partial charge in [-0.05, 0) is 61.6 Å². The normalized spacial score (nSPS) is 16.6. The van der Waals surface area contributed by atoms with Gasteiger partial charge in [0.25, 0.3) is 5.91 Å². The van der Waals surface area contributed by atoms with Crippen molar-refractivity contribution in [1.29, 1.82) is 0 Å². The van der Waals surface area contributed by atoms with Gasteiger partial charge in [-0.1, -0.05) is 12.1 Å². The Hall–Kier alpha value is -3.59. The number of benzene rings is 2. The number of nitrogens with zero attached hydrogens (tertiary/aromatic N) is 2. The van der Waals surface area contributed by atoms with Crippen LogP contribution in [-0.4, -0.2) is 61.0 Å². The Bertz CT molecular complexity index is 1130. The van der Waals surface area contributed by atoms with Crippen LogP contribution in [0.2, 0.25) is 0 Å². The second-order valence-electron chi connectivity index (χ2n) is 8.15. The van der Waals surface area contributed by atoms with Gasteiger partial charge in [-0.2, -0.15) is 0 Å². The molecule has 1 saturated heterocycles. The van der Waals surface area contributed by atoms with Crippen molar-refractivity contribution >= 4 is 29.6 Å². The summed E-state index contributed by atoms with van der Waals surface area (Å²) in [7, 11) is 3.51. The lowest BCUT2D eigenvalue weighted by Crippen LogP contribution is -2.45. The molecule has 0 aliphatic carbocycles. The first-order valence-electron chi connectivity index (χ1n) is 10.4. The van der Waals surface area contributed by atoms with Gasteiger partial charge >= 0.3 is 0 Å². The first kappa shape index (κ1) is 25.0. The van der Waals surface area contributed by atoms with Crippen molar-refractivity contribution in [2.45, 2.75) is 6.42 Å². The molecule has 2 aromatic rings. The van der Waals surface area contributed by atoms with E-state index < -0.39 is 40.7 Å². The highest BCUT2D eigenvalue weighted by Gasteiger charge is 2.32. The zero-order valence-corrected chi connectivity index (χ0v) is 18.6. The maximum Gasteiger partial charge on any atom is 0.290 e. The Morgan fingerprint density at radius 2 is 1.32 bits per heavy atom. The Balaban J connectivity index is 1.98. The van der Waals surface area contributed by atoms with Crippen LogP contribution in [-0.2, 0) is 14.4 Å². The van der Waals surface area contributed by atoms with Crippen molar-refractivity contribution in [3.05, 3.63) is 81.9 Å². The minimum absolute atomic E-state index is 0.0271. The molecule has 1 fully saturated rings. The molecule has 1 aliphatic rings. The van der Waals surface area contributed by atoms with Gasteiger partial charge in [-0.3, -0.25) is 14.4 Å². The number of carbonyl (C=O) groups excluding carboxylic acids is 3. The van der Waals surface area contributed by atoms with Crippen molar-refractivity contribution in [3.8, 4) is 0 Å². The van der Waals surface area contributed by atoms with Gasteiger partial charge in [0.05, 0.1) is 13.1 Å². The summed E-state index contributed by atoms with van der Waals surface area (Å²) in [5, 5.41) is 0. The number of likely N-dealkylation sites (tertiary alicyclic amines) is 1. The van der Waals surface area contributed by atoms with E-state index in [1.165, 1.54) is 24.3 Å². The van der Waals surface area contributed by atoms with Crippen molar-refractivity contribution in [1.82, 2.24) is 9.80 Å². The second kappa shape index (κ2) is 10.6. The number of piperidine rings is 1. The molecule has 1 aliphatic heterocycles. The number of Topliss-reactive ketones (excluding diaryl/α,β-unsaturated/α-hetero) is 2. The summed E-state index contributed by atoms with van der Waals surface area (Å²) in [6, 6.07) is 6.14. The Morgan fingerprint density at radius 3 is 1.74 bits per heavy atom. The quantitative estimate of drug-likeness (QED) is 0.365.